The van der Waals surface area contributed by atoms with Crippen LogP contribution in [0.25, 0.3) is 0 Å². The highest BCUT2D eigenvalue weighted by Crippen LogP contribution is 2.31. The Morgan fingerprint density at radius 1 is 0.974 bits per heavy atom. The summed E-state index contributed by atoms with van der Waals surface area (Å²) in [5, 5.41) is 0. The number of hydrogen-bond donors (Lipinski definition) is 0. The van der Waals surface area contributed by atoms with Crippen LogP contribution in [0, 0.1) is 6.92 Å². The summed E-state index contributed by atoms with van der Waals surface area (Å²) in [5.41, 5.74) is 2.20. The van der Waals surface area contributed by atoms with Crippen LogP contribution in [0.3, 0.4) is 0 Å². The fourth-order valence-electron chi connectivity index (χ4n) is 5.10. The maximum atomic E-state index is 6.14. The molecule has 1 aromatic heterocycles. The lowest BCUT2D eigenvalue weighted by atomic mass is 9.95. The predicted molar refractivity (Wildman–Crippen MR) is 150 cm³/mol. The molecular formula is C31H43N3O4. The van der Waals surface area contributed by atoms with Gasteiger partial charge >= 0.3 is 0 Å². The monoisotopic (exact) mass is 521 g/mol. The summed E-state index contributed by atoms with van der Waals surface area (Å²) < 4.78 is 26.1. The van der Waals surface area contributed by atoms with E-state index in [0.717, 1.165) is 81.4 Å². The molecule has 0 bridgehead atoms. The Morgan fingerprint density at radius 2 is 1.82 bits per heavy atom. The highest BCUT2D eigenvalue weighted by molar-refractivity contribution is 5.43. The van der Waals surface area contributed by atoms with Crippen molar-refractivity contribution in [3.05, 3.63) is 71.8 Å². The molecule has 2 heterocycles. The summed E-state index contributed by atoms with van der Waals surface area (Å²) in [4.78, 5) is 6.88. The Hall–Kier alpha value is -3.03. The summed E-state index contributed by atoms with van der Waals surface area (Å²) in [5.74, 6) is 3.59. The summed E-state index contributed by atoms with van der Waals surface area (Å²) in [6, 6.07) is 14.5. The van der Waals surface area contributed by atoms with Gasteiger partial charge in [0.2, 0.25) is 0 Å². The standard InChI is InChI=1S/C31H43N3O4/c1-5-30-32-16-20-34(30)18-7-21-37-28-13-10-26(22-29(28)35-3)23-33-17-6-14-31(36-4,15-19-33)24-38-27-11-8-25(2)9-12-27/h8-13,16,20,22H,5-7,14-15,17-19,21,23-24H2,1-4H3/t31-/m0/s1. The molecule has 1 fully saturated rings. The molecule has 0 N–H and O–H groups in total. The molecular weight excluding hydrogens is 478 g/mol. The number of benzene rings is 2. The zero-order valence-corrected chi connectivity index (χ0v) is 23.4. The molecule has 0 unspecified atom stereocenters. The van der Waals surface area contributed by atoms with Crippen LogP contribution in [0.2, 0.25) is 0 Å². The smallest absolute Gasteiger partial charge is 0.161 e. The summed E-state index contributed by atoms with van der Waals surface area (Å²) in [7, 11) is 3.52. The average molecular weight is 522 g/mol. The first-order chi connectivity index (χ1) is 18.5. The van der Waals surface area contributed by atoms with E-state index < -0.39 is 0 Å². The van der Waals surface area contributed by atoms with Crippen molar-refractivity contribution in [1.29, 1.82) is 0 Å². The number of aromatic nitrogens is 2. The van der Waals surface area contributed by atoms with Gasteiger partial charge in [-0.1, -0.05) is 30.7 Å². The highest BCUT2D eigenvalue weighted by atomic mass is 16.5. The van der Waals surface area contributed by atoms with E-state index in [2.05, 4.69) is 52.6 Å². The minimum atomic E-state index is -0.260. The molecule has 0 radical (unpaired) electrons. The van der Waals surface area contributed by atoms with Gasteiger partial charge in [-0.05, 0) is 69.0 Å². The largest absolute Gasteiger partial charge is 0.493 e. The lowest BCUT2D eigenvalue weighted by Gasteiger charge is -2.31. The van der Waals surface area contributed by atoms with Crippen molar-refractivity contribution in [2.24, 2.45) is 0 Å². The van der Waals surface area contributed by atoms with E-state index in [1.54, 1.807) is 7.11 Å². The van der Waals surface area contributed by atoms with Crippen LogP contribution < -0.4 is 14.2 Å². The van der Waals surface area contributed by atoms with Crippen molar-refractivity contribution in [2.75, 3.05) is 40.5 Å². The number of likely N-dealkylation sites (tertiary alicyclic amines) is 1. The summed E-state index contributed by atoms with van der Waals surface area (Å²) in [6.45, 7) is 9.18. The van der Waals surface area contributed by atoms with Crippen LogP contribution in [-0.2, 0) is 24.2 Å². The normalized spacial score (nSPS) is 18.2. The molecule has 0 saturated carbocycles. The van der Waals surface area contributed by atoms with Gasteiger partial charge < -0.3 is 23.5 Å². The van der Waals surface area contributed by atoms with E-state index in [9.17, 15) is 0 Å². The van der Waals surface area contributed by atoms with Gasteiger partial charge in [-0.25, -0.2) is 4.98 Å². The van der Waals surface area contributed by atoms with Gasteiger partial charge in [-0.3, -0.25) is 4.90 Å². The number of imidazole rings is 1. The topological polar surface area (TPSA) is 58.0 Å². The first kappa shape index (κ1) is 28.0. The predicted octanol–water partition coefficient (Wildman–Crippen LogP) is 5.68. The van der Waals surface area contributed by atoms with Gasteiger partial charge in [-0.15, -0.1) is 0 Å². The maximum absolute atomic E-state index is 6.14. The lowest BCUT2D eigenvalue weighted by molar-refractivity contribution is -0.0541. The van der Waals surface area contributed by atoms with Crippen molar-refractivity contribution in [2.45, 2.75) is 64.6 Å². The fourth-order valence-corrected chi connectivity index (χ4v) is 5.10. The number of ether oxygens (including phenoxy) is 4. The zero-order chi connectivity index (χ0) is 26.8. The Bertz CT molecular complexity index is 1130. The second-order valence-corrected chi connectivity index (χ2v) is 10.2. The molecule has 0 amide bonds. The summed E-state index contributed by atoms with van der Waals surface area (Å²) >= 11 is 0. The van der Waals surface area contributed by atoms with E-state index in [1.165, 1.54) is 11.1 Å². The van der Waals surface area contributed by atoms with Crippen molar-refractivity contribution in [3.8, 4) is 17.2 Å². The molecule has 1 saturated heterocycles. The molecule has 1 atom stereocenters. The first-order valence-corrected chi connectivity index (χ1v) is 13.8. The van der Waals surface area contributed by atoms with E-state index >= 15 is 0 Å². The van der Waals surface area contributed by atoms with Gasteiger partial charge in [0.1, 0.15) is 23.8 Å². The molecule has 0 spiro atoms. The minimum Gasteiger partial charge on any atom is -0.493 e. The third-order valence-electron chi connectivity index (χ3n) is 7.50. The molecule has 7 nitrogen and oxygen atoms in total. The van der Waals surface area contributed by atoms with E-state index in [0.29, 0.717) is 13.2 Å². The van der Waals surface area contributed by atoms with Crippen LogP contribution in [0.5, 0.6) is 17.2 Å². The van der Waals surface area contributed by atoms with Gasteiger partial charge in [0.15, 0.2) is 11.5 Å². The second kappa shape index (κ2) is 13.7. The molecule has 0 aliphatic carbocycles. The van der Waals surface area contributed by atoms with Crippen molar-refractivity contribution in [3.63, 3.8) is 0 Å². The Balaban J connectivity index is 1.28. The first-order valence-electron chi connectivity index (χ1n) is 13.8. The number of methoxy groups -OCH3 is 2. The van der Waals surface area contributed by atoms with Gasteiger partial charge in [0.05, 0.1) is 13.7 Å². The fraction of sp³-hybridized carbons (Fsp3) is 0.516. The lowest BCUT2D eigenvalue weighted by Crippen LogP contribution is -2.39. The summed E-state index contributed by atoms with van der Waals surface area (Å²) in [6.07, 6.45) is 8.74. The molecule has 4 rings (SSSR count). The molecule has 1 aliphatic rings. The SMILES string of the molecule is CCc1nccn1CCCOc1ccc(CN2CCC[C@](COc3ccc(C)cc3)(OC)CC2)cc1OC. The van der Waals surface area contributed by atoms with Crippen molar-refractivity contribution in [1.82, 2.24) is 14.5 Å². The maximum Gasteiger partial charge on any atom is 0.161 e. The van der Waals surface area contributed by atoms with Crippen LogP contribution in [0.15, 0.2) is 54.9 Å². The Labute approximate surface area is 227 Å². The van der Waals surface area contributed by atoms with Crippen LogP contribution in [0.4, 0.5) is 0 Å². The van der Waals surface area contributed by atoms with Crippen molar-refractivity contribution >= 4 is 0 Å². The average Bonchev–Trinajstić information content (AvgIpc) is 3.31. The van der Waals surface area contributed by atoms with Gasteiger partial charge in [0.25, 0.3) is 0 Å². The number of hydrogen-bond acceptors (Lipinski definition) is 6. The molecule has 206 valence electrons. The van der Waals surface area contributed by atoms with Gasteiger partial charge in [-0.2, -0.15) is 0 Å². The second-order valence-electron chi connectivity index (χ2n) is 10.2. The molecule has 38 heavy (non-hydrogen) atoms. The number of aryl methyl sites for hydroxylation is 3. The molecule has 3 aromatic rings. The zero-order valence-electron chi connectivity index (χ0n) is 23.4. The van der Waals surface area contributed by atoms with E-state index in [4.69, 9.17) is 18.9 Å². The Morgan fingerprint density at radius 3 is 2.58 bits per heavy atom. The van der Waals surface area contributed by atoms with Crippen molar-refractivity contribution < 1.29 is 18.9 Å². The van der Waals surface area contributed by atoms with Crippen LogP contribution in [0.1, 0.15) is 49.6 Å². The Kier molecular flexibility index (Phi) is 10.1. The number of rotatable bonds is 13. The highest BCUT2D eigenvalue weighted by Gasteiger charge is 2.33. The number of nitrogens with zero attached hydrogens (tertiary/aromatic N) is 3. The third kappa shape index (κ3) is 7.51. The minimum absolute atomic E-state index is 0.260. The molecule has 2 aromatic carbocycles. The van der Waals surface area contributed by atoms with Crippen LogP contribution in [-0.4, -0.2) is 60.6 Å². The molecule has 7 heteroatoms. The quantitative estimate of drug-likeness (QED) is 0.270. The van der Waals surface area contributed by atoms with E-state index in [-0.39, 0.29) is 5.60 Å². The molecule has 1 aliphatic heterocycles. The van der Waals surface area contributed by atoms with E-state index in [1.807, 2.05) is 37.7 Å². The van der Waals surface area contributed by atoms with Gasteiger partial charge in [0, 0.05) is 45.6 Å². The third-order valence-corrected chi connectivity index (χ3v) is 7.50. The van der Waals surface area contributed by atoms with Crippen LogP contribution >= 0.6 is 0 Å².